The largest absolute Gasteiger partial charge is 0.324 e. The van der Waals surface area contributed by atoms with E-state index in [9.17, 15) is 0 Å². The van der Waals surface area contributed by atoms with E-state index in [-0.39, 0.29) is 0 Å². The van der Waals surface area contributed by atoms with Gasteiger partial charge in [0.1, 0.15) is 0 Å². The molecule has 2 aliphatic carbocycles. The van der Waals surface area contributed by atoms with Gasteiger partial charge in [0.15, 0.2) is 0 Å². The lowest BCUT2D eigenvalue weighted by Gasteiger charge is -2.27. The second kappa shape index (κ2) is 9.61. The van der Waals surface area contributed by atoms with Gasteiger partial charge in [-0.1, -0.05) is 73.8 Å². The van der Waals surface area contributed by atoms with E-state index in [1.165, 1.54) is 22.4 Å². The van der Waals surface area contributed by atoms with E-state index < -0.39 is 8.69 Å². The van der Waals surface area contributed by atoms with Crippen molar-refractivity contribution in [2.24, 2.45) is 0 Å². The van der Waals surface area contributed by atoms with Crippen LogP contribution in [-0.2, 0) is 4.57 Å². The van der Waals surface area contributed by atoms with Crippen LogP contribution in [0.25, 0.3) is 0 Å². The van der Waals surface area contributed by atoms with Crippen LogP contribution in [0, 0.1) is 0 Å². The molecule has 0 aromatic rings. The van der Waals surface area contributed by atoms with Gasteiger partial charge in [0, 0.05) is 0 Å². The van der Waals surface area contributed by atoms with Crippen LogP contribution >= 0.6 is 8.69 Å². The maximum atomic E-state index is 8.46. The monoisotopic (exact) mass is 258 g/mol. The van der Waals surface area contributed by atoms with Crippen LogP contribution in [0.15, 0.2) is 0 Å². The van der Waals surface area contributed by atoms with Gasteiger partial charge in [-0.2, -0.15) is 0 Å². The fourth-order valence-corrected chi connectivity index (χ4v) is 6.36. The summed E-state index contributed by atoms with van der Waals surface area (Å²) in [5.74, 6) is 0. The Morgan fingerprint density at radius 1 is 0.812 bits per heavy atom. The van der Waals surface area contributed by atoms with Gasteiger partial charge in [0.2, 0.25) is 15.2 Å². The molecule has 0 aliphatic heterocycles. The summed E-state index contributed by atoms with van der Waals surface area (Å²) in [7, 11) is -0.833. The van der Waals surface area contributed by atoms with Crippen molar-refractivity contribution in [2.75, 3.05) is 0 Å². The summed E-state index contributed by atoms with van der Waals surface area (Å²) >= 11 is 0.320. The molecule has 2 rings (SSSR count). The van der Waals surface area contributed by atoms with Gasteiger partial charge < -0.3 is 4.89 Å². The van der Waals surface area contributed by atoms with Crippen LogP contribution in [0.4, 0.5) is 0 Å². The Morgan fingerprint density at radius 3 is 1.44 bits per heavy atom. The molecule has 16 heavy (non-hydrogen) atoms. The van der Waals surface area contributed by atoms with Crippen molar-refractivity contribution >= 4 is 23.9 Å². The molecule has 0 spiro atoms. The molecule has 0 atom stereocenters. The zero-order valence-electron chi connectivity index (χ0n) is 10.2. The smallest absolute Gasteiger partial charge is 0.310 e. The van der Waals surface area contributed by atoms with Crippen LogP contribution in [0.3, 0.4) is 0 Å². The summed E-state index contributed by atoms with van der Waals surface area (Å²) in [5, 5.41) is 0. The lowest BCUT2D eigenvalue weighted by molar-refractivity contribution is 0.470. The van der Waals surface area contributed by atoms with Crippen LogP contribution in [0.2, 0.25) is 9.56 Å². The molecular formula is C12H24AlO2P. The van der Waals surface area contributed by atoms with E-state index >= 15 is 0 Å². The molecule has 0 amide bonds. The summed E-state index contributed by atoms with van der Waals surface area (Å²) in [6.45, 7) is 0. The zero-order chi connectivity index (χ0) is 11.6. The van der Waals surface area contributed by atoms with Crippen molar-refractivity contribution < 1.29 is 9.46 Å². The summed E-state index contributed by atoms with van der Waals surface area (Å²) in [5.41, 5.74) is 0. The lowest BCUT2D eigenvalue weighted by Crippen LogP contribution is -2.16. The summed E-state index contributed by atoms with van der Waals surface area (Å²) < 4.78 is 11.0. The topological polar surface area (TPSA) is 37.3 Å². The third-order valence-corrected chi connectivity index (χ3v) is 7.08. The molecule has 2 fully saturated rings. The average molecular weight is 258 g/mol. The molecule has 0 radical (unpaired) electrons. The first-order chi connectivity index (χ1) is 7.86. The molecule has 0 unspecified atom stereocenters. The molecule has 2 saturated carbocycles. The maximum absolute atomic E-state index is 8.46. The Kier molecular flexibility index (Phi) is 8.80. The second-order valence-electron chi connectivity index (χ2n) is 5.33. The van der Waals surface area contributed by atoms with E-state index in [0.29, 0.717) is 15.2 Å². The van der Waals surface area contributed by atoms with E-state index in [1.54, 1.807) is 51.4 Å². The fraction of sp³-hybridized carbons (Fsp3) is 1.00. The molecule has 0 bridgehead atoms. The van der Waals surface area contributed by atoms with Crippen molar-refractivity contribution in [1.29, 1.82) is 0 Å². The molecule has 0 heterocycles. The quantitative estimate of drug-likeness (QED) is 0.597. The van der Waals surface area contributed by atoms with Crippen molar-refractivity contribution in [3.05, 3.63) is 0 Å². The van der Waals surface area contributed by atoms with Crippen LogP contribution in [0.1, 0.15) is 64.2 Å². The minimum Gasteiger partial charge on any atom is -0.310 e. The van der Waals surface area contributed by atoms with Gasteiger partial charge in [-0.15, -0.1) is 0 Å². The predicted octanol–water partition coefficient (Wildman–Crippen LogP) is 4.11. The van der Waals surface area contributed by atoms with E-state index in [4.69, 9.17) is 9.46 Å². The summed E-state index contributed by atoms with van der Waals surface area (Å²) in [4.78, 5) is 6.99. The second-order valence-corrected chi connectivity index (χ2v) is 8.27. The third kappa shape index (κ3) is 6.36. The van der Waals surface area contributed by atoms with Gasteiger partial charge >= 0.3 is 8.69 Å². The molecular weight excluding hydrogens is 234 g/mol. The van der Waals surface area contributed by atoms with E-state index in [1.807, 2.05) is 0 Å². The predicted molar refractivity (Wildman–Crippen MR) is 70.6 cm³/mol. The fourth-order valence-electron chi connectivity index (χ4n) is 3.32. The van der Waals surface area contributed by atoms with Gasteiger partial charge in [-0.25, -0.2) is 4.57 Å². The first-order valence-electron chi connectivity index (χ1n) is 6.83. The standard InChI is InChI=1S/2C6H11.Al.HO2P.H/c2*1-2-4-6-5-3-1;;1-3-2;/h2*1H,2-6H2;;(H,1,2);. The highest BCUT2D eigenvalue weighted by Crippen LogP contribution is 2.36. The third-order valence-electron chi connectivity index (χ3n) is 4.12. The normalized spacial score (nSPS) is 23.6. The molecule has 1 N–H and O–H groups in total. The van der Waals surface area contributed by atoms with Gasteiger partial charge in [0.25, 0.3) is 0 Å². The minimum absolute atomic E-state index is 0.320. The van der Waals surface area contributed by atoms with Crippen molar-refractivity contribution in [3.8, 4) is 0 Å². The first kappa shape index (κ1) is 14.7. The Balaban J connectivity index is 0.000000386. The van der Waals surface area contributed by atoms with Crippen molar-refractivity contribution in [1.82, 2.24) is 0 Å². The maximum Gasteiger partial charge on any atom is 0.324 e. The summed E-state index contributed by atoms with van der Waals surface area (Å²) in [6.07, 6.45) is 15.8. The molecule has 2 nitrogen and oxygen atoms in total. The molecule has 0 aromatic carbocycles. The molecule has 2 aliphatic rings. The number of hydrogen-bond acceptors (Lipinski definition) is 1. The number of hydrogen-bond donors (Lipinski definition) is 1. The highest BCUT2D eigenvalue weighted by atomic mass is 31.1. The minimum atomic E-state index is -0.833. The van der Waals surface area contributed by atoms with E-state index in [2.05, 4.69) is 0 Å². The van der Waals surface area contributed by atoms with Crippen LogP contribution in [-0.4, -0.2) is 20.1 Å². The van der Waals surface area contributed by atoms with Crippen LogP contribution < -0.4 is 0 Å². The van der Waals surface area contributed by atoms with Gasteiger partial charge in [0.05, 0.1) is 0 Å². The Labute approximate surface area is 107 Å². The molecule has 0 saturated heterocycles. The average Bonchev–Trinajstić information content (AvgIpc) is 2.33. The summed E-state index contributed by atoms with van der Waals surface area (Å²) in [6, 6.07) is 0. The highest BCUT2D eigenvalue weighted by Gasteiger charge is 2.22. The SMILES string of the molecule is C1CC[CH]([AlH][CH]2CCCCC2)CC1.O=PO. The Bertz CT molecular complexity index is 162. The molecule has 4 heteroatoms. The van der Waals surface area contributed by atoms with E-state index in [0.717, 1.165) is 0 Å². The van der Waals surface area contributed by atoms with Crippen molar-refractivity contribution in [2.45, 2.75) is 73.8 Å². The lowest BCUT2D eigenvalue weighted by atomic mass is 9.99. The van der Waals surface area contributed by atoms with Crippen molar-refractivity contribution in [3.63, 3.8) is 0 Å². The number of rotatable bonds is 2. The molecule has 0 aromatic heterocycles. The van der Waals surface area contributed by atoms with Crippen LogP contribution in [0.5, 0.6) is 0 Å². The molecule has 92 valence electrons. The highest BCUT2D eigenvalue weighted by molar-refractivity contribution is 7.16. The first-order valence-corrected chi connectivity index (χ1v) is 9.23. The van der Waals surface area contributed by atoms with Gasteiger partial charge in [-0.05, 0) is 0 Å². The Morgan fingerprint density at radius 2 is 1.12 bits per heavy atom. The zero-order valence-corrected chi connectivity index (χ0v) is 12.5. The Hall–Kier alpha value is 0.592. The van der Waals surface area contributed by atoms with Gasteiger partial charge in [-0.3, -0.25) is 0 Å².